The molecule has 0 aliphatic rings. The van der Waals surface area contributed by atoms with Crippen molar-refractivity contribution in [2.24, 2.45) is 0 Å². The van der Waals surface area contributed by atoms with Gasteiger partial charge in [-0.05, 0) is 78.9 Å². The minimum atomic E-state index is 0.511. The van der Waals surface area contributed by atoms with Gasteiger partial charge in [-0.25, -0.2) is 24.9 Å². The largest absolute Gasteiger partial charge is 0.292 e. The fourth-order valence-corrected chi connectivity index (χ4v) is 10.0. The minimum Gasteiger partial charge on any atom is -0.292 e. The smallest absolute Gasteiger partial charge is 0.160 e. The van der Waals surface area contributed by atoms with E-state index in [0.29, 0.717) is 17.5 Å². The number of aromatic nitrogens is 10. The van der Waals surface area contributed by atoms with Gasteiger partial charge in [-0.1, -0.05) is 127 Å². The van der Waals surface area contributed by atoms with E-state index in [1.165, 1.54) is 0 Å². The Morgan fingerprint density at radius 1 is 0.288 bits per heavy atom. The molecule has 0 aliphatic heterocycles. The van der Waals surface area contributed by atoms with E-state index in [1.807, 2.05) is 91.5 Å². The van der Waals surface area contributed by atoms with Crippen molar-refractivity contribution < 1.29 is 0 Å². The van der Waals surface area contributed by atoms with Crippen LogP contribution in [0.2, 0.25) is 0 Å². The molecule has 0 atom stereocenters. The van der Waals surface area contributed by atoms with Crippen LogP contribution in [0.25, 0.3) is 140 Å². The first-order valence-corrected chi connectivity index (χ1v) is 24.0. The molecular formula is C63H38N10. The van der Waals surface area contributed by atoms with Crippen LogP contribution in [0.5, 0.6) is 0 Å². The van der Waals surface area contributed by atoms with Gasteiger partial charge in [0.25, 0.3) is 0 Å². The molecule has 7 heterocycles. The summed E-state index contributed by atoms with van der Waals surface area (Å²) >= 11 is 0. The van der Waals surface area contributed by atoms with Crippen LogP contribution in [0, 0.1) is 0 Å². The van der Waals surface area contributed by atoms with Gasteiger partial charge in [-0.15, -0.1) is 0 Å². The fourth-order valence-electron chi connectivity index (χ4n) is 10.0. The summed E-state index contributed by atoms with van der Waals surface area (Å²) in [5.74, 6) is 1.72. The van der Waals surface area contributed by atoms with E-state index in [-0.39, 0.29) is 0 Å². The number of imidazole rings is 1. The third kappa shape index (κ3) is 7.32. The predicted molar refractivity (Wildman–Crippen MR) is 292 cm³/mol. The van der Waals surface area contributed by atoms with Gasteiger partial charge in [-0.2, -0.15) is 0 Å². The molecule has 0 spiro atoms. The van der Waals surface area contributed by atoms with Gasteiger partial charge in [0.05, 0.1) is 55.9 Å². The summed E-state index contributed by atoms with van der Waals surface area (Å²) in [7, 11) is 0. The quantitative estimate of drug-likeness (QED) is 0.137. The number of fused-ring (bicyclic) bond motifs is 8. The van der Waals surface area contributed by atoms with Gasteiger partial charge in [0, 0.05) is 91.0 Å². The zero-order chi connectivity index (χ0) is 48.2. The van der Waals surface area contributed by atoms with Crippen molar-refractivity contribution in [3.05, 3.63) is 231 Å². The number of hydrogen-bond donors (Lipinski definition) is 0. The summed E-state index contributed by atoms with van der Waals surface area (Å²) in [5, 5.41) is 3.87. The van der Waals surface area contributed by atoms with Crippen molar-refractivity contribution in [2.45, 2.75) is 0 Å². The lowest BCUT2D eigenvalue weighted by Crippen LogP contribution is -2.01. The maximum Gasteiger partial charge on any atom is 0.160 e. The van der Waals surface area contributed by atoms with E-state index in [2.05, 4.69) is 144 Å². The first-order chi connectivity index (χ1) is 36.2. The monoisotopic (exact) mass is 934 g/mol. The predicted octanol–water partition coefficient (Wildman–Crippen LogP) is 14.5. The molecule has 0 saturated heterocycles. The van der Waals surface area contributed by atoms with Crippen LogP contribution in [0.15, 0.2) is 231 Å². The second-order valence-electron chi connectivity index (χ2n) is 17.8. The van der Waals surface area contributed by atoms with E-state index < -0.39 is 0 Å². The van der Waals surface area contributed by atoms with E-state index >= 15 is 0 Å². The molecule has 0 saturated carbocycles. The Morgan fingerprint density at radius 2 is 0.726 bits per heavy atom. The van der Waals surface area contributed by atoms with Gasteiger partial charge < -0.3 is 0 Å². The summed E-state index contributed by atoms with van der Waals surface area (Å²) in [5.41, 5.74) is 14.9. The van der Waals surface area contributed by atoms with Crippen LogP contribution in [0.4, 0.5) is 0 Å². The standard InChI is InChI=1S/C63H38N10/c1-4-16-39(17-5-1)51-37-53(47-26-10-20-41-22-12-30-64-55(41)47)70-61(68-51)43-34-44(62-69-52(40-18-6-2-7-19-40)38-54(71-62)48-27-11-21-42-23-13-31-65-56(42)48)36-45(35-43)63-72-59-49-28-14-32-66-57(49)58-50(29-15-33-67-58)60(59)73(63)46-24-8-3-9-25-46/h1-38H. The molecule has 0 aliphatic carbocycles. The number of hydrogen-bond acceptors (Lipinski definition) is 9. The van der Waals surface area contributed by atoms with Gasteiger partial charge in [-0.3, -0.25) is 24.5 Å². The number of pyridine rings is 4. The highest BCUT2D eigenvalue weighted by atomic mass is 15.1. The molecule has 0 unspecified atom stereocenters. The summed E-state index contributed by atoms with van der Waals surface area (Å²) < 4.78 is 2.23. The average molecular weight is 935 g/mol. The fraction of sp³-hybridized carbons (Fsp3) is 0. The molecule has 73 heavy (non-hydrogen) atoms. The van der Waals surface area contributed by atoms with E-state index in [4.69, 9.17) is 44.9 Å². The molecule has 7 aromatic carbocycles. The first kappa shape index (κ1) is 41.8. The maximum absolute atomic E-state index is 5.63. The van der Waals surface area contributed by atoms with Crippen LogP contribution < -0.4 is 0 Å². The van der Waals surface area contributed by atoms with Crippen molar-refractivity contribution >= 4 is 54.6 Å². The molecule has 0 bridgehead atoms. The van der Waals surface area contributed by atoms with Crippen molar-refractivity contribution in [1.29, 1.82) is 0 Å². The maximum atomic E-state index is 5.63. The molecule has 10 nitrogen and oxygen atoms in total. The van der Waals surface area contributed by atoms with E-state index in [1.54, 1.807) is 0 Å². The third-order valence-electron chi connectivity index (χ3n) is 13.4. The summed E-state index contributed by atoms with van der Waals surface area (Å²) in [6, 6.07) is 69.8. The summed E-state index contributed by atoms with van der Waals surface area (Å²) in [6.07, 6.45) is 7.28. The van der Waals surface area contributed by atoms with Crippen molar-refractivity contribution in [1.82, 2.24) is 49.4 Å². The van der Waals surface area contributed by atoms with Crippen molar-refractivity contribution in [3.8, 4) is 84.9 Å². The number of nitrogens with zero attached hydrogens (tertiary/aromatic N) is 10. The van der Waals surface area contributed by atoms with E-state index in [0.717, 1.165) is 122 Å². The molecule has 0 amide bonds. The Hall–Kier alpha value is -10.2. The molecule has 340 valence electrons. The van der Waals surface area contributed by atoms with Crippen molar-refractivity contribution in [2.75, 3.05) is 0 Å². The second kappa shape index (κ2) is 17.3. The molecule has 14 rings (SSSR count). The highest BCUT2D eigenvalue weighted by molar-refractivity contribution is 6.21. The molecule has 0 N–H and O–H groups in total. The molecule has 14 aromatic rings. The number of para-hydroxylation sites is 3. The van der Waals surface area contributed by atoms with Crippen LogP contribution in [0.1, 0.15) is 0 Å². The van der Waals surface area contributed by atoms with E-state index in [9.17, 15) is 0 Å². The Labute approximate surface area is 418 Å². The molecule has 7 aromatic heterocycles. The number of rotatable bonds is 8. The van der Waals surface area contributed by atoms with Gasteiger partial charge in [0.15, 0.2) is 11.6 Å². The highest BCUT2D eigenvalue weighted by Gasteiger charge is 2.24. The third-order valence-corrected chi connectivity index (χ3v) is 13.4. The zero-order valence-corrected chi connectivity index (χ0v) is 38.9. The Bertz CT molecular complexity index is 4250. The lowest BCUT2D eigenvalue weighted by Gasteiger charge is -2.15. The lowest BCUT2D eigenvalue weighted by molar-refractivity contribution is 1.10. The average Bonchev–Trinajstić information content (AvgIpc) is 3.89. The van der Waals surface area contributed by atoms with Gasteiger partial charge in [0.1, 0.15) is 5.82 Å². The summed E-state index contributed by atoms with van der Waals surface area (Å²) in [4.78, 5) is 46.8. The van der Waals surface area contributed by atoms with Crippen molar-refractivity contribution in [3.63, 3.8) is 0 Å². The Balaban J connectivity index is 1.09. The minimum absolute atomic E-state index is 0.511. The van der Waals surface area contributed by atoms with Gasteiger partial charge >= 0.3 is 0 Å². The molecule has 10 heteroatoms. The first-order valence-electron chi connectivity index (χ1n) is 24.0. The van der Waals surface area contributed by atoms with Crippen LogP contribution >= 0.6 is 0 Å². The Kier molecular flexibility index (Phi) is 9.92. The van der Waals surface area contributed by atoms with Crippen LogP contribution in [0.3, 0.4) is 0 Å². The molecule has 0 fully saturated rings. The summed E-state index contributed by atoms with van der Waals surface area (Å²) in [6.45, 7) is 0. The zero-order valence-electron chi connectivity index (χ0n) is 38.9. The SMILES string of the molecule is c1ccc(-c2cc(-c3cccc4cccnc34)nc(-c3cc(-c4nc(-c5ccccc5)cc(-c5cccc6cccnc56)n4)cc(-c4nc5c6cccnc6c6ncccc6c5n4-c4ccccc4)c3)n2)cc1. The highest BCUT2D eigenvalue weighted by Crippen LogP contribution is 2.41. The van der Waals surface area contributed by atoms with Crippen LogP contribution in [-0.4, -0.2) is 49.4 Å². The Morgan fingerprint density at radius 3 is 1.27 bits per heavy atom. The van der Waals surface area contributed by atoms with Gasteiger partial charge in [0.2, 0.25) is 0 Å². The van der Waals surface area contributed by atoms with Crippen LogP contribution in [-0.2, 0) is 0 Å². The molecular weight excluding hydrogens is 897 g/mol. The second-order valence-corrected chi connectivity index (χ2v) is 17.8. The topological polar surface area (TPSA) is 121 Å². The molecule has 0 radical (unpaired) electrons. The number of benzene rings is 7. The lowest BCUT2D eigenvalue weighted by atomic mass is 10.0. The normalized spacial score (nSPS) is 11.6.